The highest BCUT2D eigenvalue weighted by Gasteiger charge is 2.27. The van der Waals surface area contributed by atoms with Crippen molar-refractivity contribution in [3.05, 3.63) is 9.47 Å². The number of nitrogens with zero attached hydrogens (tertiary/aromatic N) is 3. The minimum absolute atomic E-state index is 0.214. The van der Waals surface area contributed by atoms with E-state index in [2.05, 4.69) is 14.9 Å². The third kappa shape index (κ3) is 4.10. The lowest BCUT2D eigenvalue weighted by atomic mass is 10.1. The zero-order valence-electron chi connectivity index (χ0n) is 10.2. The summed E-state index contributed by atoms with van der Waals surface area (Å²) in [5, 5.41) is 7.51. The Labute approximate surface area is 120 Å². The number of carbonyl (C=O) groups is 1. The van der Waals surface area contributed by atoms with Gasteiger partial charge in [-0.25, -0.2) is 13.1 Å². The number of carbonyl (C=O) groups excluding carboxylic acids is 1. The van der Waals surface area contributed by atoms with E-state index in [1.807, 2.05) is 0 Å². The number of rotatable bonds is 3. The molecule has 0 aliphatic carbocycles. The van der Waals surface area contributed by atoms with Crippen molar-refractivity contribution in [2.75, 3.05) is 19.3 Å². The predicted molar refractivity (Wildman–Crippen MR) is 71.8 cm³/mol. The van der Waals surface area contributed by atoms with E-state index in [4.69, 9.17) is 11.6 Å². The number of aromatic nitrogens is 2. The molecule has 19 heavy (non-hydrogen) atoms. The van der Waals surface area contributed by atoms with Crippen LogP contribution in [-0.4, -0.2) is 54.8 Å². The first-order valence-corrected chi connectivity index (χ1v) is 8.69. The molecular weight excluding hydrogens is 312 g/mol. The Hall–Kier alpha value is -0.770. The summed E-state index contributed by atoms with van der Waals surface area (Å²) < 4.78 is 25.1. The van der Waals surface area contributed by atoms with E-state index >= 15 is 0 Å². The van der Waals surface area contributed by atoms with Gasteiger partial charge < -0.3 is 4.90 Å². The second-order valence-corrected chi connectivity index (χ2v) is 7.68. The highest BCUT2D eigenvalue weighted by atomic mass is 35.5. The molecule has 1 aromatic heterocycles. The van der Waals surface area contributed by atoms with Crippen LogP contribution in [0, 0.1) is 0 Å². The number of likely N-dealkylation sites (tertiary alicyclic amines) is 1. The second-order valence-electron chi connectivity index (χ2n) is 4.34. The van der Waals surface area contributed by atoms with Crippen molar-refractivity contribution in [2.24, 2.45) is 0 Å². The van der Waals surface area contributed by atoms with Gasteiger partial charge in [0.25, 0.3) is 5.91 Å². The van der Waals surface area contributed by atoms with Gasteiger partial charge in [0.2, 0.25) is 19.5 Å². The fraction of sp³-hybridized carbons (Fsp3) is 0.667. The molecule has 1 fully saturated rings. The van der Waals surface area contributed by atoms with Crippen LogP contribution in [0.1, 0.15) is 22.6 Å². The second kappa shape index (κ2) is 5.70. The molecule has 1 aliphatic heterocycles. The number of hydrogen-bond donors (Lipinski definition) is 1. The number of hydrogen-bond acceptors (Lipinski definition) is 6. The Morgan fingerprint density at radius 1 is 1.53 bits per heavy atom. The van der Waals surface area contributed by atoms with E-state index in [1.165, 1.54) is 0 Å². The molecule has 7 nitrogen and oxygen atoms in total. The summed E-state index contributed by atoms with van der Waals surface area (Å²) in [7, 11) is -3.27. The first-order valence-electron chi connectivity index (χ1n) is 5.61. The molecule has 106 valence electrons. The molecule has 2 heterocycles. The van der Waals surface area contributed by atoms with Gasteiger partial charge >= 0.3 is 0 Å². The first kappa shape index (κ1) is 14.6. The molecule has 0 saturated carbocycles. The zero-order chi connectivity index (χ0) is 14.0. The van der Waals surface area contributed by atoms with Crippen LogP contribution in [-0.2, 0) is 10.0 Å². The maximum Gasteiger partial charge on any atom is 0.284 e. The number of sulfonamides is 1. The van der Waals surface area contributed by atoms with Crippen LogP contribution in [0.2, 0.25) is 4.47 Å². The van der Waals surface area contributed by atoms with Gasteiger partial charge in [0.15, 0.2) is 0 Å². The van der Waals surface area contributed by atoms with E-state index in [-0.39, 0.29) is 21.4 Å². The molecule has 1 atom stereocenters. The largest absolute Gasteiger partial charge is 0.335 e. The van der Waals surface area contributed by atoms with Crippen molar-refractivity contribution < 1.29 is 13.2 Å². The Morgan fingerprint density at radius 3 is 2.84 bits per heavy atom. The fourth-order valence-corrected chi connectivity index (χ4v) is 3.58. The average molecular weight is 325 g/mol. The summed E-state index contributed by atoms with van der Waals surface area (Å²) in [6.07, 6.45) is 2.57. The lowest BCUT2D eigenvalue weighted by molar-refractivity contribution is 0.0702. The van der Waals surface area contributed by atoms with Gasteiger partial charge in [-0.2, -0.15) is 0 Å². The fourth-order valence-electron chi connectivity index (χ4n) is 1.99. The van der Waals surface area contributed by atoms with E-state index in [0.29, 0.717) is 19.5 Å². The molecule has 10 heteroatoms. The van der Waals surface area contributed by atoms with Crippen molar-refractivity contribution in [1.82, 2.24) is 19.8 Å². The maximum absolute atomic E-state index is 12.1. The first-order chi connectivity index (χ1) is 8.85. The van der Waals surface area contributed by atoms with Gasteiger partial charge in [-0.3, -0.25) is 4.79 Å². The van der Waals surface area contributed by atoms with Gasteiger partial charge in [-0.15, -0.1) is 10.2 Å². The van der Waals surface area contributed by atoms with Gasteiger partial charge in [0.05, 0.1) is 6.26 Å². The Balaban J connectivity index is 2.03. The minimum Gasteiger partial charge on any atom is -0.335 e. The molecule has 0 spiro atoms. The third-order valence-corrected chi connectivity index (χ3v) is 4.44. The van der Waals surface area contributed by atoms with E-state index < -0.39 is 10.0 Å². The van der Waals surface area contributed by atoms with Gasteiger partial charge in [0.1, 0.15) is 0 Å². The van der Waals surface area contributed by atoms with Crippen molar-refractivity contribution >= 4 is 38.9 Å². The number of halogens is 1. The summed E-state index contributed by atoms with van der Waals surface area (Å²) in [5.74, 6) is -0.260. The quantitative estimate of drug-likeness (QED) is 0.866. The molecular formula is C9H13ClN4O3S2. The lowest BCUT2D eigenvalue weighted by Gasteiger charge is -2.32. The van der Waals surface area contributed by atoms with Gasteiger partial charge in [-0.1, -0.05) is 11.3 Å². The number of nitrogens with one attached hydrogen (secondary N) is 1. The van der Waals surface area contributed by atoms with Crippen molar-refractivity contribution in [2.45, 2.75) is 18.9 Å². The van der Waals surface area contributed by atoms with Crippen molar-refractivity contribution in [3.63, 3.8) is 0 Å². The van der Waals surface area contributed by atoms with Crippen LogP contribution < -0.4 is 4.72 Å². The molecule has 1 aromatic rings. The molecule has 1 unspecified atom stereocenters. The number of piperidine rings is 1. The highest BCUT2D eigenvalue weighted by Crippen LogP contribution is 2.19. The van der Waals surface area contributed by atoms with E-state index in [9.17, 15) is 13.2 Å². The molecule has 1 amide bonds. The maximum atomic E-state index is 12.1. The summed E-state index contributed by atoms with van der Waals surface area (Å²) >= 11 is 6.66. The summed E-state index contributed by atoms with van der Waals surface area (Å²) in [4.78, 5) is 13.7. The van der Waals surface area contributed by atoms with Crippen molar-refractivity contribution in [3.8, 4) is 0 Å². The van der Waals surface area contributed by atoms with Crippen LogP contribution in [0.15, 0.2) is 0 Å². The molecule has 1 N–H and O–H groups in total. The summed E-state index contributed by atoms with van der Waals surface area (Å²) in [6.45, 7) is 0.918. The van der Waals surface area contributed by atoms with Gasteiger partial charge in [-0.05, 0) is 24.4 Å². The molecule has 0 aromatic carbocycles. The molecule has 1 aliphatic rings. The molecule has 0 bridgehead atoms. The average Bonchev–Trinajstić information content (AvgIpc) is 2.73. The van der Waals surface area contributed by atoms with Crippen LogP contribution >= 0.6 is 22.9 Å². The predicted octanol–water partition coefficient (Wildman–Crippen LogP) is 0.345. The van der Waals surface area contributed by atoms with Crippen LogP contribution in [0.3, 0.4) is 0 Å². The molecule has 2 rings (SSSR count). The lowest BCUT2D eigenvalue weighted by Crippen LogP contribution is -2.49. The SMILES string of the molecule is CS(=O)(=O)NC1CCCN(C(=O)c2nnc(Cl)s2)C1. The molecule has 1 saturated heterocycles. The summed E-state index contributed by atoms with van der Waals surface area (Å²) in [5.41, 5.74) is 0. The van der Waals surface area contributed by atoms with Crippen LogP contribution in [0.5, 0.6) is 0 Å². The highest BCUT2D eigenvalue weighted by molar-refractivity contribution is 7.88. The Morgan fingerprint density at radius 2 is 2.26 bits per heavy atom. The minimum atomic E-state index is -3.27. The molecule has 0 radical (unpaired) electrons. The topological polar surface area (TPSA) is 92.3 Å². The normalized spacial score (nSPS) is 20.5. The van der Waals surface area contributed by atoms with E-state index in [0.717, 1.165) is 24.0 Å². The Kier molecular flexibility index (Phi) is 4.39. The zero-order valence-corrected chi connectivity index (χ0v) is 12.6. The number of amides is 1. The van der Waals surface area contributed by atoms with E-state index in [1.54, 1.807) is 4.90 Å². The summed E-state index contributed by atoms with van der Waals surface area (Å²) in [6, 6.07) is -0.254. The van der Waals surface area contributed by atoms with Crippen LogP contribution in [0.4, 0.5) is 0 Å². The third-order valence-electron chi connectivity index (χ3n) is 2.67. The standard InChI is InChI=1S/C9H13ClN4O3S2/c1-19(16,17)13-6-3-2-4-14(5-6)8(15)7-11-12-9(10)18-7/h6,13H,2-5H2,1H3. The smallest absolute Gasteiger partial charge is 0.284 e. The van der Waals surface area contributed by atoms with Crippen molar-refractivity contribution in [1.29, 1.82) is 0 Å². The van der Waals surface area contributed by atoms with Crippen LogP contribution in [0.25, 0.3) is 0 Å². The Bertz CT molecular complexity index is 574. The van der Waals surface area contributed by atoms with Gasteiger partial charge in [0, 0.05) is 19.1 Å². The monoisotopic (exact) mass is 324 g/mol.